The van der Waals surface area contributed by atoms with Crippen molar-refractivity contribution in [2.24, 2.45) is 11.8 Å². The quantitative estimate of drug-likeness (QED) is 0.260. The molecule has 0 saturated carbocycles. The molecule has 48 heavy (non-hydrogen) atoms. The third kappa shape index (κ3) is 6.80. The van der Waals surface area contributed by atoms with Crippen LogP contribution in [0, 0.1) is 11.8 Å². The number of hydrogen-bond acceptors (Lipinski definition) is 6. The van der Waals surface area contributed by atoms with Crippen molar-refractivity contribution in [3.05, 3.63) is 74.8 Å². The van der Waals surface area contributed by atoms with Crippen LogP contribution < -0.4 is 5.69 Å². The molecule has 7 rings (SSSR count). The summed E-state index contributed by atoms with van der Waals surface area (Å²) in [6.45, 7) is 4.41. The standard InChI is InChI=1S/C36H42Cl2N6O4/c1-41-14-8-24(9-15-41)25-10-16-42(17-11-25)34(45)32(21-23-6-7-28(37)29(38)20-23)48-36(47)43-18-12-26(13-19-43)44-31-22-39-30-5-3-2-4-27(30)33(31)40-35(44)46/h2-7,20,22,24-26,32H,8-19,21H2,1H3,(H,40,46)/t32-/m1/s1. The number of nitrogens with one attached hydrogen (secondary N) is 1. The number of rotatable bonds is 6. The summed E-state index contributed by atoms with van der Waals surface area (Å²) < 4.78 is 7.80. The Balaban J connectivity index is 1.02. The fraction of sp³-hybridized carbons (Fsp3) is 0.500. The summed E-state index contributed by atoms with van der Waals surface area (Å²) in [5, 5.41) is 1.72. The van der Waals surface area contributed by atoms with Gasteiger partial charge in [0.05, 0.1) is 32.8 Å². The Bertz CT molecular complexity index is 1850. The molecular formula is C36H42Cl2N6O4. The van der Waals surface area contributed by atoms with Crippen molar-refractivity contribution in [2.75, 3.05) is 46.3 Å². The average Bonchev–Trinajstić information content (AvgIpc) is 3.46. The largest absolute Gasteiger partial charge is 0.436 e. The van der Waals surface area contributed by atoms with Gasteiger partial charge in [0.1, 0.15) is 0 Å². The second-order valence-electron chi connectivity index (χ2n) is 13.7. The number of amides is 2. The molecule has 2 aromatic heterocycles. The van der Waals surface area contributed by atoms with Gasteiger partial charge in [-0.2, -0.15) is 0 Å². The number of benzene rings is 2. The molecule has 254 valence electrons. The molecule has 0 bridgehead atoms. The first-order valence-electron chi connectivity index (χ1n) is 17.1. The Kier molecular flexibility index (Phi) is 9.67. The van der Waals surface area contributed by atoms with Crippen molar-refractivity contribution in [1.29, 1.82) is 0 Å². The molecule has 10 nitrogen and oxygen atoms in total. The smallest absolute Gasteiger partial charge is 0.410 e. The van der Waals surface area contributed by atoms with Gasteiger partial charge < -0.3 is 24.4 Å². The summed E-state index contributed by atoms with van der Waals surface area (Å²) in [6, 6.07) is 12.9. The van der Waals surface area contributed by atoms with Gasteiger partial charge in [-0.25, -0.2) is 9.59 Å². The molecule has 2 aromatic carbocycles. The first kappa shape index (κ1) is 32.9. The molecule has 3 aliphatic heterocycles. The van der Waals surface area contributed by atoms with Crippen molar-refractivity contribution in [3.8, 4) is 0 Å². The van der Waals surface area contributed by atoms with Gasteiger partial charge in [0.2, 0.25) is 0 Å². The summed E-state index contributed by atoms with van der Waals surface area (Å²) in [5.41, 5.74) is 2.94. The maximum Gasteiger partial charge on any atom is 0.410 e. The van der Waals surface area contributed by atoms with E-state index >= 15 is 0 Å². The van der Waals surface area contributed by atoms with Crippen LogP contribution in [0.4, 0.5) is 4.79 Å². The second kappa shape index (κ2) is 14.1. The molecular weight excluding hydrogens is 651 g/mol. The molecule has 3 saturated heterocycles. The van der Waals surface area contributed by atoms with Gasteiger partial charge in [0.15, 0.2) is 6.10 Å². The topological polar surface area (TPSA) is 104 Å². The highest BCUT2D eigenvalue weighted by Crippen LogP contribution is 2.33. The van der Waals surface area contributed by atoms with Gasteiger partial charge in [-0.05, 0) is 94.3 Å². The summed E-state index contributed by atoms with van der Waals surface area (Å²) in [4.78, 5) is 54.2. The van der Waals surface area contributed by atoms with Crippen LogP contribution >= 0.6 is 23.2 Å². The van der Waals surface area contributed by atoms with Crippen LogP contribution in [0.2, 0.25) is 10.0 Å². The highest BCUT2D eigenvalue weighted by atomic mass is 35.5. The molecule has 0 spiro atoms. The van der Waals surface area contributed by atoms with E-state index in [1.54, 1.807) is 27.8 Å². The van der Waals surface area contributed by atoms with E-state index in [-0.39, 0.29) is 24.1 Å². The zero-order valence-electron chi connectivity index (χ0n) is 27.2. The van der Waals surface area contributed by atoms with E-state index in [1.165, 1.54) is 12.8 Å². The fourth-order valence-corrected chi connectivity index (χ4v) is 8.26. The monoisotopic (exact) mass is 692 g/mol. The van der Waals surface area contributed by atoms with Gasteiger partial charge in [-0.1, -0.05) is 47.5 Å². The lowest BCUT2D eigenvalue weighted by molar-refractivity contribution is -0.142. The Morgan fingerprint density at radius 2 is 1.56 bits per heavy atom. The van der Waals surface area contributed by atoms with Crippen LogP contribution in [0.5, 0.6) is 0 Å². The first-order valence-corrected chi connectivity index (χ1v) is 17.9. The molecule has 4 aromatic rings. The Hall–Kier alpha value is -3.60. The molecule has 0 radical (unpaired) electrons. The number of nitrogens with zero attached hydrogens (tertiary/aromatic N) is 5. The lowest BCUT2D eigenvalue weighted by atomic mass is 9.79. The lowest BCUT2D eigenvalue weighted by Gasteiger charge is -2.40. The number of H-pyrrole nitrogens is 1. The number of ether oxygens (including phenoxy) is 1. The predicted molar refractivity (Wildman–Crippen MR) is 188 cm³/mol. The number of piperidine rings is 3. The number of hydrogen-bond donors (Lipinski definition) is 1. The van der Waals surface area contributed by atoms with Crippen molar-refractivity contribution >= 4 is 57.1 Å². The number of para-hydroxylation sites is 1. The number of pyridine rings is 1. The molecule has 0 unspecified atom stereocenters. The Morgan fingerprint density at radius 1 is 0.896 bits per heavy atom. The van der Waals surface area contributed by atoms with Crippen molar-refractivity contribution in [3.63, 3.8) is 0 Å². The van der Waals surface area contributed by atoms with Gasteiger partial charge in [0.25, 0.3) is 5.91 Å². The normalized spacial score (nSPS) is 19.6. The molecule has 2 amide bonds. The van der Waals surface area contributed by atoms with E-state index in [0.29, 0.717) is 60.9 Å². The molecule has 0 aliphatic carbocycles. The minimum atomic E-state index is -0.983. The lowest BCUT2D eigenvalue weighted by Crippen LogP contribution is -2.49. The third-order valence-electron chi connectivity index (χ3n) is 10.8. The van der Waals surface area contributed by atoms with Crippen LogP contribution in [-0.4, -0.2) is 93.7 Å². The van der Waals surface area contributed by atoms with Crippen LogP contribution in [-0.2, 0) is 16.0 Å². The van der Waals surface area contributed by atoms with E-state index in [0.717, 1.165) is 53.4 Å². The number of aromatic nitrogens is 3. The van der Waals surface area contributed by atoms with Crippen LogP contribution in [0.3, 0.4) is 0 Å². The van der Waals surface area contributed by atoms with Crippen molar-refractivity contribution < 1.29 is 14.3 Å². The van der Waals surface area contributed by atoms with Crippen LogP contribution in [0.25, 0.3) is 21.9 Å². The first-order chi connectivity index (χ1) is 23.2. The Morgan fingerprint density at radius 3 is 2.27 bits per heavy atom. The van der Waals surface area contributed by atoms with Gasteiger partial charge in [-0.3, -0.25) is 14.3 Å². The average molecular weight is 694 g/mol. The number of aromatic amines is 1. The molecule has 3 aliphatic rings. The molecule has 3 fully saturated rings. The van der Waals surface area contributed by atoms with Crippen LogP contribution in [0.1, 0.15) is 50.1 Å². The third-order valence-corrected chi connectivity index (χ3v) is 11.5. The molecule has 1 N–H and O–H groups in total. The van der Waals surface area contributed by atoms with Crippen molar-refractivity contribution in [1.82, 2.24) is 29.2 Å². The Labute approximate surface area is 289 Å². The van der Waals surface area contributed by atoms with Gasteiger partial charge in [0, 0.05) is 44.0 Å². The number of fused-ring (bicyclic) bond motifs is 3. The SMILES string of the molecule is CN1CCC(C2CCN(C(=O)[C@@H](Cc3ccc(Cl)c(Cl)c3)OC(=O)N3CCC(n4c(=O)[nH]c5c6ccccc6ncc54)CC3)CC2)CC1. The van der Waals surface area contributed by atoms with E-state index in [1.807, 2.05) is 35.2 Å². The van der Waals surface area contributed by atoms with Gasteiger partial charge in [-0.15, -0.1) is 0 Å². The number of carbonyl (C=O) groups excluding carboxylic acids is 2. The van der Waals surface area contributed by atoms with Gasteiger partial charge >= 0.3 is 11.8 Å². The second-order valence-corrected chi connectivity index (χ2v) is 14.5. The van der Waals surface area contributed by atoms with Crippen LogP contribution in [0.15, 0.2) is 53.5 Å². The maximum absolute atomic E-state index is 14.0. The molecule has 12 heteroatoms. The van der Waals surface area contributed by atoms with E-state index in [9.17, 15) is 14.4 Å². The number of likely N-dealkylation sites (tertiary alicyclic amines) is 3. The number of halogens is 2. The number of imidazole rings is 1. The van der Waals surface area contributed by atoms with E-state index in [4.69, 9.17) is 27.9 Å². The zero-order chi connectivity index (χ0) is 33.4. The summed E-state index contributed by atoms with van der Waals surface area (Å²) in [7, 11) is 2.18. The zero-order valence-corrected chi connectivity index (χ0v) is 28.8. The molecule has 1 atom stereocenters. The minimum Gasteiger partial charge on any atom is -0.436 e. The summed E-state index contributed by atoms with van der Waals surface area (Å²) in [6.07, 6.45) is 5.96. The summed E-state index contributed by atoms with van der Waals surface area (Å²) in [5.74, 6) is 1.16. The molecule has 5 heterocycles. The van der Waals surface area contributed by atoms with E-state index in [2.05, 4.69) is 21.9 Å². The van der Waals surface area contributed by atoms with Crippen molar-refractivity contribution in [2.45, 2.75) is 57.1 Å². The highest BCUT2D eigenvalue weighted by Gasteiger charge is 2.36. The van der Waals surface area contributed by atoms with E-state index < -0.39 is 12.2 Å². The number of carbonyl (C=O) groups is 2. The minimum absolute atomic E-state index is 0.0993. The fourth-order valence-electron chi connectivity index (χ4n) is 7.94. The highest BCUT2D eigenvalue weighted by molar-refractivity contribution is 6.42. The summed E-state index contributed by atoms with van der Waals surface area (Å²) >= 11 is 12.5. The maximum atomic E-state index is 14.0. The predicted octanol–water partition coefficient (Wildman–Crippen LogP) is 6.15.